The first-order chi connectivity index (χ1) is 15.6. The van der Waals surface area contributed by atoms with E-state index in [0.29, 0.717) is 19.6 Å². The van der Waals surface area contributed by atoms with Gasteiger partial charge in [-0.05, 0) is 77.4 Å². The Morgan fingerprint density at radius 1 is 0.971 bits per heavy atom. The Bertz CT molecular complexity index is 619. The number of carbonyl (C=O) groups is 2. The fourth-order valence-corrected chi connectivity index (χ4v) is 4.43. The van der Waals surface area contributed by atoms with E-state index in [2.05, 4.69) is 52.9 Å². The first-order valence-electron chi connectivity index (χ1n) is 13.1. The lowest BCUT2D eigenvalue weighted by atomic mass is 10.0. The molecule has 0 aromatic carbocycles. The molecule has 6 nitrogen and oxygen atoms in total. The summed E-state index contributed by atoms with van der Waals surface area (Å²) in [5.74, 6) is -0.736. The van der Waals surface area contributed by atoms with Crippen molar-refractivity contribution < 1.29 is 23.9 Å². The molecule has 0 aromatic heterocycles. The largest absolute Gasteiger partial charge is 0.481 e. The molecule has 1 N–H and O–H groups in total. The van der Waals surface area contributed by atoms with Crippen molar-refractivity contribution in [3.8, 4) is 0 Å². The Hall–Kier alpha value is -1.34. The van der Waals surface area contributed by atoms with Gasteiger partial charge in [0.1, 0.15) is 5.60 Å². The van der Waals surface area contributed by atoms with Gasteiger partial charge in [0.05, 0.1) is 6.61 Å². The van der Waals surface area contributed by atoms with E-state index in [1.807, 2.05) is 25.7 Å². The van der Waals surface area contributed by atoms with Crippen molar-refractivity contribution in [3.63, 3.8) is 0 Å². The van der Waals surface area contributed by atoms with Crippen LogP contribution in [0.1, 0.15) is 106 Å². The first kappa shape index (κ1) is 32.7. The van der Waals surface area contributed by atoms with Crippen molar-refractivity contribution in [1.82, 2.24) is 4.90 Å². The van der Waals surface area contributed by atoms with E-state index in [-0.39, 0.29) is 23.6 Å². The highest BCUT2D eigenvalue weighted by molar-refractivity contribution is 6.74. The molecule has 0 bridgehead atoms. The van der Waals surface area contributed by atoms with Gasteiger partial charge in [0, 0.05) is 19.0 Å². The van der Waals surface area contributed by atoms with Crippen molar-refractivity contribution in [2.75, 3.05) is 13.2 Å². The van der Waals surface area contributed by atoms with Gasteiger partial charge < -0.3 is 19.2 Å². The summed E-state index contributed by atoms with van der Waals surface area (Å²) in [6.07, 6.45) is 11.7. The molecule has 1 atom stereocenters. The number of allylic oxidation sites excluding steroid dienone is 2. The number of ether oxygens (including phenoxy) is 1. The zero-order valence-corrected chi connectivity index (χ0v) is 24.5. The zero-order chi connectivity index (χ0) is 26.4. The normalized spacial score (nSPS) is 13.8. The van der Waals surface area contributed by atoms with E-state index in [1.54, 1.807) is 0 Å². The second-order valence-corrected chi connectivity index (χ2v) is 16.6. The van der Waals surface area contributed by atoms with Crippen LogP contribution in [-0.2, 0) is 14.0 Å². The lowest BCUT2D eigenvalue weighted by Crippen LogP contribution is -2.47. The smallest absolute Gasteiger partial charge is 0.410 e. The van der Waals surface area contributed by atoms with E-state index in [1.165, 1.54) is 0 Å². The van der Waals surface area contributed by atoms with Gasteiger partial charge in [0.2, 0.25) is 0 Å². The van der Waals surface area contributed by atoms with Crippen LogP contribution >= 0.6 is 0 Å². The number of hydrogen-bond donors (Lipinski definition) is 1. The molecule has 7 heteroatoms. The van der Waals surface area contributed by atoms with Crippen LogP contribution in [0.5, 0.6) is 0 Å². The molecule has 0 saturated heterocycles. The Kier molecular flexibility index (Phi) is 15.0. The van der Waals surface area contributed by atoms with Crippen LogP contribution in [0.3, 0.4) is 0 Å². The standard InChI is InChI=1S/C27H53NO5Si/c1-10-18-23(19-16-14-12-11-13-15-17-20-24(29)30)28(25(31)33-26(2,3)4)21-22-32-34(8,9)27(5,6)7/h11,13,23H,10,12,14-22H2,1-9H3,(H,29,30)/b13-11-/t23-/m0/s1. The van der Waals surface area contributed by atoms with Crippen molar-refractivity contribution in [2.24, 2.45) is 0 Å². The third-order valence-corrected chi connectivity index (χ3v) is 10.9. The predicted octanol–water partition coefficient (Wildman–Crippen LogP) is 7.79. The van der Waals surface area contributed by atoms with Crippen LogP contribution in [0.4, 0.5) is 4.79 Å². The molecule has 0 saturated carbocycles. The number of hydrogen-bond acceptors (Lipinski definition) is 4. The van der Waals surface area contributed by atoms with Crippen LogP contribution in [-0.4, -0.2) is 55.2 Å². The average molecular weight is 500 g/mol. The minimum absolute atomic E-state index is 0.133. The second kappa shape index (κ2) is 15.6. The molecule has 1 amide bonds. The van der Waals surface area contributed by atoms with E-state index in [0.717, 1.165) is 44.9 Å². The summed E-state index contributed by atoms with van der Waals surface area (Å²) in [5.41, 5.74) is -0.530. The molecule has 0 radical (unpaired) electrons. The highest BCUT2D eigenvalue weighted by Gasteiger charge is 2.37. The van der Waals surface area contributed by atoms with E-state index in [4.69, 9.17) is 14.3 Å². The molecule has 0 aliphatic rings. The van der Waals surface area contributed by atoms with Gasteiger partial charge >= 0.3 is 12.1 Å². The number of unbranched alkanes of at least 4 members (excludes halogenated alkanes) is 3. The van der Waals surface area contributed by atoms with Crippen molar-refractivity contribution in [2.45, 2.75) is 136 Å². The number of rotatable bonds is 16. The molecule has 0 aromatic rings. The molecule has 200 valence electrons. The van der Waals surface area contributed by atoms with Crippen LogP contribution in [0.15, 0.2) is 12.2 Å². The van der Waals surface area contributed by atoms with E-state index in [9.17, 15) is 9.59 Å². The molecule has 0 aliphatic carbocycles. The molecular weight excluding hydrogens is 446 g/mol. The summed E-state index contributed by atoms with van der Waals surface area (Å²) in [5, 5.41) is 8.82. The third kappa shape index (κ3) is 14.8. The molecule has 0 unspecified atom stereocenters. The SMILES string of the molecule is CCC[C@@H](CCCC/C=C\CCCC(=O)O)N(CCO[Si](C)(C)C(C)(C)C)C(=O)OC(C)(C)C. The highest BCUT2D eigenvalue weighted by atomic mass is 28.4. The summed E-state index contributed by atoms with van der Waals surface area (Å²) in [7, 11) is -1.88. The van der Waals surface area contributed by atoms with Crippen molar-refractivity contribution in [3.05, 3.63) is 12.2 Å². The number of amides is 1. The Morgan fingerprint density at radius 3 is 2.06 bits per heavy atom. The molecule has 0 spiro atoms. The van der Waals surface area contributed by atoms with Crippen molar-refractivity contribution >= 4 is 20.4 Å². The number of carboxylic acids is 1. The van der Waals surface area contributed by atoms with Crippen molar-refractivity contribution in [1.29, 1.82) is 0 Å². The monoisotopic (exact) mass is 499 g/mol. The fourth-order valence-electron chi connectivity index (χ4n) is 3.40. The fraction of sp³-hybridized carbons (Fsp3) is 0.852. The Labute approximate surface area is 210 Å². The Balaban J connectivity index is 4.97. The minimum atomic E-state index is -1.88. The average Bonchev–Trinajstić information content (AvgIpc) is 2.66. The number of aliphatic carboxylic acids is 1. The summed E-state index contributed by atoms with van der Waals surface area (Å²) in [6.45, 7) is 20.1. The number of carbonyl (C=O) groups excluding carboxylic acids is 1. The maximum Gasteiger partial charge on any atom is 0.410 e. The van der Waals surface area contributed by atoms with Crippen LogP contribution in [0, 0.1) is 0 Å². The van der Waals surface area contributed by atoms with Gasteiger partial charge in [-0.15, -0.1) is 0 Å². The first-order valence-corrected chi connectivity index (χ1v) is 16.0. The zero-order valence-electron chi connectivity index (χ0n) is 23.5. The van der Waals surface area contributed by atoms with Gasteiger partial charge in [-0.3, -0.25) is 4.79 Å². The molecule has 0 rings (SSSR count). The third-order valence-electron chi connectivity index (χ3n) is 6.38. The number of carboxylic acid groups (broad SMARTS) is 1. The summed E-state index contributed by atoms with van der Waals surface area (Å²) in [6, 6.07) is 0.141. The minimum Gasteiger partial charge on any atom is -0.481 e. The van der Waals surface area contributed by atoms with Gasteiger partial charge in [0.15, 0.2) is 8.32 Å². The topological polar surface area (TPSA) is 76.1 Å². The van der Waals surface area contributed by atoms with Gasteiger partial charge in [-0.25, -0.2) is 4.79 Å². The van der Waals surface area contributed by atoms with Gasteiger partial charge in [-0.2, -0.15) is 0 Å². The summed E-state index contributed by atoms with van der Waals surface area (Å²) in [4.78, 5) is 25.6. The number of nitrogens with zero attached hydrogens (tertiary/aromatic N) is 1. The highest BCUT2D eigenvalue weighted by Crippen LogP contribution is 2.36. The maximum absolute atomic E-state index is 13.1. The molecule has 0 fully saturated rings. The van der Waals surface area contributed by atoms with Crippen LogP contribution < -0.4 is 0 Å². The molecule has 34 heavy (non-hydrogen) atoms. The predicted molar refractivity (Wildman–Crippen MR) is 144 cm³/mol. The van der Waals surface area contributed by atoms with E-state index < -0.39 is 19.9 Å². The molecular formula is C27H53NO5Si. The van der Waals surface area contributed by atoms with Crippen LogP contribution in [0.25, 0.3) is 0 Å². The molecule has 0 aliphatic heterocycles. The second-order valence-electron chi connectivity index (χ2n) is 11.8. The lowest BCUT2D eigenvalue weighted by Gasteiger charge is -2.38. The summed E-state index contributed by atoms with van der Waals surface area (Å²) < 4.78 is 12.1. The van der Waals surface area contributed by atoms with E-state index >= 15 is 0 Å². The maximum atomic E-state index is 13.1. The Morgan fingerprint density at radius 2 is 1.56 bits per heavy atom. The van der Waals surface area contributed by atoms with Gasteiger partial charge in [0.25, 0.3) is 0 Å². The lowest BCUT2D eigenvalue weighted by molar-refractivity contribution is -0.137. The summed E-state index contributed by atoms with van der Waals surface area (Å²) >= 11 is 0. The quantitative estimate of drug-likeness (QED) is 0.133. The van der Waals surface area contributed by atoms with Crippen LogP contribution in [0.2, 0.25) is 18.1 Å². The molecule has 0 heterocycles. The van der Waals surface area contributed by atoms with Gasteiger partial charge in [-0.1, -0.05) is 52.7 Å².